The lowest BCUT2D eigenvalue weighted by Crippen LogP contribution is -2.22. The fourth-order valence-corrected chi connectivity index (χ4v) is 4.16. The second-order valence-electron chi connectivity index (χ2n) is 4.84. The number of aryl methyl sites for hydroxylation is 2. The lowest BCUT2D eigenvalue weighted by atomic mass is 10.2. The molecule has 2 aromatic heterocycles. The van der Waals surface area contributed by atoms with E-state index in [1.165, 1.54) is 0 Å². The van der Waals surface area contributed by atoms with Crippen LogP contribution in [-0.2, 0) is 6.54 Å². The fourth-order valence-electron chi connectivity index (χ4n) is 2.09. The van der Waals surface area contributed by atoms with Crippen molar-refractivity contribution in [3.63, 3.8) is 0 Å². The second kappa shape index (κ2) is 7.24. The molecule has 0 fully saturated rings. The van der Waals surface area contributed by atoms with Crippen LogP contribution in [0, 0.1) is 13.8 Å². The van der Waals surface area contributed by atoms with Crippen molar-refractivity contribution in [2.45, 2.75) is 38.4 Å². The van der Waals surface area contributed by atoms with Gasteiger partial charge in [-0.1, -0.05) is 17.8 Å². The van der Waals surface area contributed by atoms with Crippen molar-refractivity contribution in [3.05, 3.63) is 33.4 Å². The van der Waals surface area contributed by atoms with Gasteiger partial charge < -0.3 is 5.11 Å². The Morgan fingerprint density at radius 1 is 1.43 bits per heavy atom. The molecule has 0 amide bonds. The predicted molar refractivity (Wildman–Crippen MR) is 90.6 cm³/mol. The summed E-state index contributed by atoms with van der Waals surface area (Å²) in [5, 5.41) is 10.3. The maximum atomic E-state index is 12.7. The van der Waals surface area contributed by atoms with Crippen molar-refractivity contribution < 1.29 is 5.11 Å². The first-order valence-electron chi connectivity index (χ1n) is 6.95. The molecule has 2 aromatic rings. The van der Waals surface area contributed by atoms with Gasteiger partial charge in [0.2, 0.25) is 0 Å². The number of aliphatic hydroxyl groups is 1. The summed E-state index contributed by atoms with van der Waals surface area (Å²) in [6.07, 6.45) is 3.41. The molecule has 21 heavy (non-hydrogen) atoms. The van der Waals surface area contributed by atoms with E-state index in [2.05, 4.69) is 11.6 Å². The van der Waals surface area contributed by atoms with Crippen LogP contribution in [-0.4, -0.2) is 27.0 Å². The van der Waals surface area contributed by atoms with Gasteiger partial charge in [-0.05, 0) is 32.3 Å². The summed E-state index contributed by atoms with van der Waals surface area (Å²) < 4.78 is 1.69. The van der Waals surface area contributed by atoms with Gasteiger partial charge in [0.25, 0.3) is 5.56 Å². The van der Waals surface area contributed by atoms with Crippen LogP contribution in [0.1, 0.15) is 23.3 Å². The van der Waals surface area contributed by atoms with Gasteiger partial charge in [-0.15, -0.1) is 17.9 Å². The summed E-state index contributed by atoms with van der Waals surface area (Å²) in [5.41, 5.74) is 1.05. The van der Waals surface area contributed by atoms with Crippen LogP contribution in [0.3, 0.4) is 0 Å². The number of thioether (sulfide) groups is 1. The Labute approximate surface area is 132 Å². The van der Waals surface area contributed by atoms with Gasteiger partial charge in [0, 0.05) is 23.8 Å². The number of hydrogen-bond acceptors (Lipinski definition) is 5. The maximum absolute atomic E-state index is 12.7. The number of fused-ring (bicyclic) bond motifs is 1. The van der Waals surface area contributed by atoms with Crippen molar-refractivity contribution in [2.24, 2.45) is 0 Å². The van der Waals surface area contributed by atoms with Crippen LogP contribution >= 0.6 is 23.1 Å². The van der Waals surface area contributed by atoms with E-state index < -0.39 is 0 Å². The Hall–Kier alpha value is -1.11. The fraction of sp³-hybridized carbons (Fsp3) is 0.467. The predicted octanol–water partition coefficient (Wildman–Crippen LogP) is 3.13. The van der Waals surface area contributed by atoms with E-state index >= 15 is 0 Å². The molecule has 0 unspecified atom stereocenters. The zero-order valence-corrected chi connectivity index (χ0v) is 14.0. The lowest BCUT2D eigenvalue weighted by molar-refractivity contribution is 0.287. The van der Waals surface area contributed by atoms with Gasteiger partial charge >= 0.3 is 0 Å². The minimum atomic E-state index is 0.0198. The molecule has 0 saturated heterocycles. The minimum absolute atomic E-state index is 0.0198. The van der Waals surface area contributed by atoms with Crippen molar-refractivity contribution in [1.29, 1.82) is 0 Å². The Morgan fingerprint density at radius 3 is 2.86 bits per heavy atom. The Kier molecular flexibility index (Phi) is 5.61. The topological polar surface area (TPSA) is 55.1 Å². The normalized spacial score (nSPS) is 11.2. The standard InChI is InChI=1S/C15H20N2O2S2/c1-4-7-17-14(19)12-10(2)11(3)21-13(12)16-15(17)20-9-6-5-8-18/h4,18H,1,5-9H2,2-3H3. The monoisotopic (exact) mass is 324 g/mol. The SMILES string of the molecule is C=CCn1c(SCCCCO)nc2sc(C)c(C)c2c1=O. The van der Waals surface area contributed by atoms with E-state index in [-0.39, 0.29) is 12.2 Å². The molecule has 2 heterocycles. The molecule has 0 saturated carbocycles. The highest BCUT2D eigenvalue weighted by molar-refractivity contribution is 7.99. The molecule has 0 aromatic carbocycles. The van der Waals surface area contributed by atoms with Crippen molar-refractivity contribution in [2.75, 3.05) is 12.4 Å². The van der Waals surface area contributed by atoms with Gasteiger partial charge in [0.05, 0.1) is 5.39 Å². The van der Waals surface area contributed by atoms with Gasteiger partial charge in [-0.2, -0.15) is 0 Å². The molecule has 0 aliphatic carbocycles. The van der Waals surface area contributed by atoms with Crippen LogP contribution in [0.2, 0.25) is 0 Å². The maximum Gasteiger partial charge on any atom is 0.263 e. The average Bonchev–Trinajstić information content (AvgIpc) is 2.74. The number of hydrogen-bond donors (Lipinski definition) is 1. The molecule has 0 aliphatic heterocycles. The van der Waals surface area contributed by atoms with Crippen molar-refractivity contribution in [1.82, 2.24) is 9.55 Å². The third-order valence-electron chi connectivity index (χ3n) is 3.35. The molecular weight excluding hydrogens is 304 g/mol. The Morgan fingerprint density at radius 2 is 2.19 bits per heavy atom. The molecule has 2 rings (SSSR count). The number of nitrogens with zero attached hydrogens (tertiary/aromatic N) is 2. The largest absolute Gasteiger partial charge is 0.396 e. The summed E-state index contributed by atoms with van der Waals surface area (Å²) in [7, 11) is 0. The van der Waals surface area contributed by atoms with Crippen molar-refractivity contribution in [3.8, 4) is 0 Å². The molecule has 6 heteroatoms. The van der Waals surface area contributed by atoms with Crippen LogP contribution in [0.4, 0.5) is 0 Å². The van der Waals surface area contributed by atoms with Crippen LogP contribution in [0.25, 0.3) is 10.2 Å². The molecule has 1 N–H and O–H groups in total. The number of aromatic nitrogens is 2. The Balaban J connectivity index is 2.45. The summed E-state index contributed by atoms with van der Waals surface area (Å²) >= 11 is 3.14. The smallest absolute Gasteiger partial charge is 0.263 e. The summed E-state index contributed by atoms with van der Waals surface area (Å²) in [5.74, 6) is 0.846. The minimum Gasteiger partial charge on any atom is -0.396 e. The van der Waals surface area contributed by atoms with Gasteiger partial charge in [0.1, 0.15) is 4.83 Å². The van der Waals surface area contributed by atoms with E-state index in [0.29, 0.717) is 6.54 Å². The van der Waals surface area contributed by atoms with E-state index in [9.17, 15) is 4.79 Å². The van der Waals surface area contributed by atoms with Crippen LogP contribution < -0.4 is 5.56 Å². The molecule has 4 nitrogen and oxygen atoms in total. The molecule has 0 spiro atoms. The Bertz CT molecular complexity index is 704. The second-order valence-corrected chi connectivity index (χ2v) is 7.11. The molecule has 114 valence electrons. The number of thiophene rings is 1. The van der Waals surface area contributed by atoms with Crippen LogP contribution in [0.5, 0.6) is 0 Å². The summed E-state index contributed by atoms with van der Waals surface area (Å²) in [4.78, 5) is 19.3. The van der Waals surface area contributed by atoms with Crippen molar-refractivity contribution >= 4 is 33.3 Å². The zero-order chi connectivity index (χ0) is 15.4. The zero-order valence-electron chi connectivity index (χ0n) is 12.4. The third kappa shape index (κ3) is 3.39. The van der Waals surface area contributed by atoms with E-state index in [4.69, 9.17) is 5.11 Å². The third-order valence-corrected chi connectivity index (χ3v) is 5.51. The highest BCUT2D eigenvalue weighted by Crippen LogP contribution is 2.28. The summed E-state index contributed by atoms with van der Waals surface area (Å²) in [6, 6.07) is 0. The van der Waals surface area contributed by atoms with Gasteiger partial charge in [-0.3, -0.25) is 9.36 Å². The van der Waals surface area contributed by atoms with E-state index in [1.807, 2.05) is 13.8 Å². The first-order valence-corrected chi connectivity index (χ1v) is 8.75. The van der Waals surface area contributed by atoms with E-state index in [0.717, 1.165) is 44.4 Å². The van der Waals surface area contributed by atoms with Crippen LogP contribution in [0.15, 0.2) is 22.6 Å². The molecule has 0 aliphatic rings. The molecule has 0 atom stereocenters. The first kappa shape index (κ1) is 16.3. The number of aliphatic hydroxyl groups excluding tert-OH is 1. The number of allylic oxidation sites excluding steroid dienone is 1. The van der Waals surface area contributed by atoms with Gasteiger partial charge in [0.15, 0.2) is 5.16 Å². The molecule has 0 radical (unpaired) electrons. The van der Waals surface area contributed by atoms with E-state index in [1.54, 1.807) is 33.7 Å². The average molecular weight is 324 g/mol. The number of rotatable bonds is 7. The summed E-state index contributed by atoms with van der Waals surface area (Å²) in [6.45, 7) is 8.40. The molecule has 0 bridgehead atoms. The lowest BCUT2D eigenvalue weighted by Gasteiger charge is -2.10. The first-order chi connectivity index (χ1) is 10.1. The number of unbranched alkanes of at least 4 members (excludes halogenated alkanes) is 1. The molecular formula is C15H20N2O2S2. The van der Waals surface area contributed by atoms with Gasteiger partial charge in [-0.25, -0.2) is 4.98 Å². The highest BCUT2D eigenvalue weighted by Gasteiger charge is 2.15. The quantitative estimate of drug-likeness (QED) is 0.368. The highest BCUT2D eigenvalue weighted by atomic mass is 32.2.